The lowest BCUT2D eigenvalue weighted by Crippen LogP contribution is -2.57. The summed E-state index contributed by atoms with van der Waals surface area (Å²) in [6, 6.07) is 6.02. The van der Waals surface area contributed by atoms with E-state index in [2.05, 4.69) is 17.3 Å². The summed E-state index contributed by atoms with van der Waals surface area (Å²) in [6.07, 6.45) is -5.72. The van der Waals surface area contributed by atoms with Crippen LogP contribution in [0.4, 0.5) is 13.2 Å². The molecule has 1 aliphatic rings. The third kappa shape index (κ3) is 2.46. The summed E-state index contributed by atoms with van der Waals surface area (Å²) in [5.74, 6) is 0. The van der Waals surface area contributed by atoms with Gasteiger partial charge in [0.1, 0.15) is 0 Å². The minimum atomic E-state index is -4.95. The summed E-state index contributed by atoms with van der Waals surface area (Å²) in [5, 5.41) is 13.5. The van der Waals surface area contributed by atoms with E-state index in [-0.39, 0.29) is 10.7 Å². The van der Waals surface area contributed by atoms with E-state index in [1.807, 2.05) is 0 Å². The number of halogens is 4. The molecule has 1 aromatic carbocycles. The summed E-state index contributed by atoms with van der Waals surface area (Å²) in [6.45, 7) is 0. The summed E-state index contributed by atoms with van der Waals surface area (Å²) in [4.78, 5) is 0. The summed E-state index contributed by atoms with van der Waals surface area (Å²) in [5.41, 5.74) is 2.40. The van der Waals surface area contributed by atoms with E-state index in [9.17, 15) is 18.3 Å². The van der Waals surface area contributed by atoms with Crippen molar-refractivity contribution in [2.75, 3.05) is 0 Å². The molecule has 1 aromatic rings. The predicted octanol–water partition coefficient (Wildman–Crippen LogP) is 2.24. The summed E-state index contributed by atoms with van der Waals surface area (Å²) in [7, 11) is 0. The molecule has 108 valence electrons. The molecule has 0 aliphatic carbocycles. The molecular weight excluding hydrogens is 315 g/mol. The van der Waals surface area contributed by atoms with Gasteiger partial charge in [0, 0.05) is 5.02 Å². The maximum Gasteiger partial charge on any atom is 0.438 e. The molecule has 1 unspecified atom stereocenters. The highest BCUT2D eigenvalue weighted by molar-refractivity contribution is 7.80. The van der Waals surface area contributed by atoms with Crippen LogP contribution in [0.1, 0.15) is 12.0 Å². The van der Waals surface area contributed by atoms with E-state index in [1.54, 1.807) is 0 Å². The standard InChI is InChI=1S/C11H9ClF3N3OS/c12-7-3-1-6(2-4-7)8-5-10(19,11(13,14)15)18(17-8)9(16)20/h1-4,19H,5H2,(H2,16,20). The molecule has 1 atom stereocenters. The number of hydrogen-bond donors (Lipinski definition) is 2. The van der Waals surface area contributed by atoms with Crippen molar-refractivity contribution in [2.24, 2.45) is 10.8 Å². The topological polar surface area (TPSA) is 61.8 Å². The van der Waals surface area contributed by atoms with Crippen LogP contribution in [0.2, 0.25) is 5.02 Å². The first-order valence-electron chi connectivity index (χ1n) is 5.37. The zero-order valence-corrected chi connectivity index (χ0v) is 11.4. The minimum Gasteiger partial charge on any atom is -0.375 e. The first-order valence-corrected chi connectivity index (χ1v) is 6.16. The van der Waals surface area contributed by atoms with E-state index >= 15 is 0 Å². The number of benzene rings is 1. The van der Waals surface area contributed by atoms with Crippen LogP contribution in [0.5, 0.6) is 0 Å². The Bertz CT molecular complexity index is 575. The summed E-state index contributed by atoms with van der Waals surface area (Å²) >= 11 is 10.2. The SMILES string of the molecule is NC(=S)N1N=C(c2ccc(Cl)cc2)CC1(O)C(F)(F)F. The molecule has 9 heteroatoms. The average molecular weight is 324 g/mol. The largest absolute Gasteiger partial charge is 0.438 e. The van der Waals surface area contributed by atoms with Gasteiger partial charge in [-0.2, -0.15) is 23.3 Å². The maximum atomic E-state index is 13.0. The molecule has 0 spiro atoms. The first kappa shape index (κ1) is 15.0. The second-order valence-corrected chi connectivity index (χ2v) is 5.05. The van der Waals surface area contributed by atoms with Crippen molar-refractivity contribution in [3.63, 3.8) is 0 Å². The Morgan fingerprint density at radius 1 is 1.40 bits per heavy atom. The maximum absolute atomic E-state index is 13.0. The summed E-state index contributed by atoms with van der Waals surface area (Å²) < 4.78 is 39.0. The van der Waals surface area contributed by atoms with Gasteiger partial charge in [0.15, 0.2) is 5.11 Å². The van der Waals surface area contributed by atoms with Gasteiger partial charge >= 0.3 is 6.18 Å². The van der Waals surface area contributed by atoms with Gasteiger partial charge in [-0.3, -0.25) is 0 Å². The normalized spacial score (nSPS) is 22.9. The van der Waals surface area contributed by atoms with Crippen LogP contribution in [0.25, 0.3) is 0 Å². The lowest BCUT2D eigenvalue weighted by Gasteiger charge is -2.32. The molecule has 0 saturated heterocycles. The molecule has 4 nitrogen and oxygen atoms in total. The Labute approximate surface area is 122 Å². The molecular formula is C11H9ClF3N3OS. The zero-order valence-electron chi connectivity index (χ0n) is 9.86. The molecule has 0 bridgehead atoms. The molecule has 0 fully saturated rings. The van der Waals surface area contributed by atoms with Crippen LogP contribution in [0.15, 0.2) is 29.4 Å². The average Bonchev–Trinajstić information content (AvgIpc) is 2.69. The molecule has 0 aromatic heterocycles. The minimum absolute atomic E-state index is 0.0225. The van der Waals surface area contributed by atoms with Crippen LogP contribution in [0.3, 0.4) is 0 Å². The molecule has 0 amide bonds. The molecule has 1 aliphatic heterocycles. The molecule has 2 rings (SSSR count). The fourth-order valence-corrected chi connectivity index (χ4v) is 2.12. The fourth-order valence-electron chi connectivity index (χ4n) is 1.80. The number of hydrazone groups is 1. The van der Waals surface area contributed by atoms with E-state index in [0.717, 1.165) is 0 Å². The van der Waals surface area contributed by atoms with Crippen LogP contribution in [0, 0.1) is 0 Å². The van der Waals surface area contributed by atoms with Gasteiger partial charge in [-0.25, -0.2) is 0 Å². The number of thiocarbonyl (C=S) groups is 1. The number of nitrogens with zero attached hydrogens (tertiary/aromatic N) is 2. The van der Waals surface area contributed by atoms with Gasteiger partial charge in [0.05, 0.1) is 12.1 Å². The van der Waals surface area contributed by atoms with Gasteiger partial charge in [-0.05, 0) is 29.9 Å². The number of rotatable bonds is 1. The van der Waals surface area contributed by atoms with Crippen LogP contribution in [-0.4, -0.2) is 32.8 Å². The number of hydrogen-bond acceptors (Lipinski definition) is 3. The number of nitrogens with two attached hydrogens (primary N) is 1. The second kappa shape index (κ2) is 4.87. The lowest BCUT2D eigenvalue weighted by molar-refractivity contribution is -0.294. The Balaban J connectivity index is 2.42. The van der Waals surface area contributed by atoms with Crippen molar-refractivity contribution >= 4 is 34.6 Å². The van der Waals surface area contributed by atoms with Gasteiger partial charge in [-0.15, -0.1) is 0 Å². The van der Waals surface area contributed by atoms with Gasteiger partial charge < -0.3 is 10.8 Å². The third-order valence-corrected chi connectivity index (χ3v) is 3.25. The third-order valence-electron chi connectivity index (χ3n) is 2.83. The Morgan fingerprint density at radius 2 is 1.95 bits per heavy atom. The van der Waals surface area contributed by atoms with Gasteiger partial charge in [0.2, 0.25) is 0 Å². The Hall–Kier alpha value is -1.38. The quantitative estimate of drug-likeness (QED) is 0.778. The van der Waals surface area contributed by atoms with E-state index in [4.69, 9.17) is 17.3 Å². The van der Waals surface area contributed by atoms with Crippen LogP contribution in [-0.2, 0) is 0 Å². The highest BCUT2D eigenvalue weighted by Crippen LogP contribution is 2.41. The zero-order chi connectivity index (χ0) is 15.1. The number of alkyl halides is 3. The van der Waals surface area contributed by atoms with Crippen LogP contribution >= 0.6 is 23.8 Å². The van der Waals surface area contributed by atoms with E-state index < -0.39 is 23.4 Å². The van der Waals surface area contributed by atoms with E-state index in [1.165, 1.54) is 24.3 Å². The lowest BCUT2D eigenvalue weighted by atomic mass is 10.0. The molecule has 20 heavy (non-hydrogen) atoms. The fraction of sp³-hybridized carbons (Fsp3) is 0.273. The monoisotopic (exact) mass is 323 g/mol. The highest BCUT2D eigenvalue weighted by Gasteiger charge is 2.62. The molecule has 0 radical (unpaired) electrons. The molecule has 3 N–H and O–H groups in total. The van der Waals surface area contributed by atoms with Crippen molar-refractivity contribution in [3.8, 4) is 0 Å². The van der Waals surface area contributed by atoms with Crippen molar-refractivity contribution < 1.29 is 18.3 Å². The van der Waals surface area contributed by atoms with Gasteiger partial charge in [-0.1, -0.05) is 23.7 Å². The van der Waals surface area contributed by atoms with Crippen molar-refractivity contribution in [3.05, 3.63) is 34.9 Å². The first-order chi connectivity index (χ1) is 9.15. The van der Waals surface area contributed by atoms with Crippen molar-refractivity contribution in [1.29, 1.82) is 0 Å². The Kier molecular flexibility index (Phi) is 3.66. The second-order valence-electron chi connectivity index (χ2n) is 4.19. The van der Waals surface area contributed by atoms with Crippen LogP contribution < -0.4 is 5.73 Å². The van der Waals surface area contributed by atoms with E-state index in [0.29, 0.717) is 10.6 Å². The molecule has 0 saturated carbocycles. The molecule has 1 heterocycles. The van der Waals surface area contributed by atoms with Crippen molar-refractivity contribution in [2.45, 2.75) is 18.3 Å². The highest BCUT2D eigenvalue weighted by atomic mass is 35.5. The smallest absolute Gasteiger partial charge is 0.375 e. The van der Waals surface area contributed by atoms with Crippen molar-refractivity contribution in [1.82, 2.24) is 5.01 Å². The Morgan fingerprint density at radius 3 is 2.35 bits per heavy atom. The predicted molar refractivity (Wildman–Crippen MR) is 72.2 cm³/mol. The van der Waals surface area contributed by atoms with Gasteiger partial charge in [0.25, 0.3) is 5.72 Å². The number of aliphatic hydroxyl groups is 1.